The summed E-state index contributed by atoms with van der Waals surface area (Å²) in [4.78, 5) is 0. The van der Waals surface area contributed by atoms with Gasteiger partial charge in [0.15, 0.2) is 0 Å². The molecule has 2 aromatic carbocycles. The Balaban J connectivity index is 2.53. The van der Waals surface area contributed by atoms with E-state index in [1.165, 1.54) is 16.7 Å². The fourth-order valence-corrected chi connectivity index (χ4v) is 2.87. The predicted octanol–water partition coefficient (Wildman–Crippen LogP) is 5.37. The van der Waals surface area contributed by atoms with Crippen molar-refractivity contribution >= 4 is 0 Å². The van der Waals surface area contributed by atoms with Gasteiger partial charge in [-0.3, -0.25) is 0 Å². The summed E-state index contributed by atoms with van der Waals surface area (Å²) in [6, 6.07) is 14.8. The van der Waals surface area contributed by atoms with Crippen molar-refractivity contribution in [2.75, 3.05) is 0 Å². The van der Waals surface area contributed by atoms with Crippen molar-refractivity contribution in [1.82, 2.24) is 0 Å². The highest BCUT2D eigenvalue weighted by molar-refractivity contribution is 5.72. The molecule has 0 spiro atoms. The Labute approximate surface area is 128 Å². The molecule has 1 unspecified atom stereocenters. The third-order valence-corrected chi connectivity index (χ3v) is 4.21. The molecule has 0 amide bonds. The highest BCUT2D eigenvalue weighted by atomic mass is 16.3. The van der Waals surface area contributed by atoms with Crippen LogP contribution in [0, 0.1) is 13.8 Å². The van der Waals surface area contributed by atoms with E-state index in [2.05, 4.69) is 57.2 Å². The molecule has 0 radical (unpaired) electrons. The summed E-state index contributed by atoms with van der Waals surface area (Å²) in [6.07, 6.45) is 2.93. The molecule has 1 nitrogen and oxygen atoms in total. The molecule has 0 aliphatic rings. The first kappa shape index (κ1) is 15.8. The smallest absolute Gasteiger partial charge is 0.0874 e. The van der Waals surface area contributed by atoms with Crippen molar-refractivity contribution in [3.05, 3.63) is 59.2 Å². The Morgan fingerprint density at radius 1 is 1.00 bits per heavy atom. The Hall–Kier alpha value is -1.60. The van der Waals surface area contributed by atoms with Crippen LogP contribution in [0.3, 0.4) is 0 Å². The summed E-state index contributed by atoms with van der Waals surface area (Å²) in [5, 5.41) is 10.9. The summed E-state index contributed by atoms with van der Waals surface area (Å²) in [5.41, 5.74) is 5.13. The van der Waals surface area contributed by atoms with Gasteiger partial charge in [0.25, 0.3) is 0 Å². The van der Waals surface area contributed by atoms with E-state index in [4.69, 9.17) is 0 Å². The molecule has 2 rings (SSSR count). The Kier molecular flexibility index (Phi) is 4.84. The van der Waals surface area contributed by atoms with Crippen LogP contribution in [0.4, 0.5) is 0 Å². The summed E-state index contributed by atoms with van der Waals surface area (Å²) < 4.78 is 0. The Morgan fingerprint density at radius 2 is 1.71 bits per heavy atom. The molecule has 0 fully saturated rings. The number of hydrogen-bond donors (Lipinski definition) is 1. The van der Waals surface area contributed by atoms with Crippen LogP contribution >= 0.6 is 0 Å². The van der Waals surface area contributed by atoms with Crippen molar-refractivity contribution in [3.63, 3.8) is 0 Å². The zero-order valence-corrected chi connectivity index (χ0v) is 13.6. The maximum Gasteiger partial charge on any atom is 0.0874 e. The van der Waals surface area contributed by atoms with Gasteiger partial charge in [-0.1, -0.05) is 67.8 Å². The number of aliphatic hydroxyl groups is 1. The van der Waals surface area contributed by atoms with Gasteiger partial charge >= 0.3 is 0 Å². The molecule has 21 heavy (non-hydrogen) atoms. The van der Waals surface area contributed by atoms with Crippen LogP contribution in [0.25, 0.3) is 11.1 Å². The first-order chi connectivity index (χ1) is 9.95. The molecule has 1 atom stereocenters. The summed E-state index contributed by atoms with van der Waals surface area (Å²) in [5.74, 6) is 0. The Morgan fingerprint density at radius 3 is 2.43 bits per heavy atom. The average Bonchev–Trinajstić information content (AvgIpc) is 2.48. The van der Waals surface area contributed by atoms with Gasteiger partial charge in [-0.05, 0) is 49.4 Å². The van der Waals surface area contributed by atoms with Gasteiger partial charge < -0.3 is 5.11 Å². The lowest BCUT2D eigenvalue weighted by atomic mass is 9.84. The zero-order chi connectivity index (χ0) is 15.5. The van der Waals surface area contributed by atoms with Gasteiger partial charge in [0, 0.05) is 0 Å². The minimum atomic E-state index is -0.775. The van der Waals surface area contributed by atoms with E-state index >= 15 is 0 Å². The van der Waals surface area contributed by atoms with Gasteiger partial charge in [-0.15, -0.1) is 0 Å². The monoisotopic (exact) mass is 282 g/mol. The number of unbranched alkanes of at least 4 members (excludes halogenated alkanes) is 1. The van der Waals surface area contributed by atoms with Crippen LogP contribution in [0.2, 0.25) is 0 Å². The van der Waals surface area contributed by atoms with Gasteiger partial charge in [0.1, 0.15) is 0 Å². The third-order valence-electron chi connectivity index (χ3n) is 4.21. The maximum absolute atomic E-state index is 10.9. The molecular formula is C20H26O. The fourth-order valence-electron chi connectivity index (χ4n) is 2.87. The molecule has 0 saturated heterocycles. The lowest BCUT2D eigenvalue weighted by Gasteiger charge is -2.27. The fraction of sp³-hybridized carbons (Fsp3) is 0.400. The first-order valence-electron chi connectivity index (χ1n) is 7.85. The highest BCUT2D eigenvalue weighted by Gasteiger charge is 2.25. The van der Waals surface area contributed by atoms with E-state index in [1.54, 1.807) is 0 Å². The van der Waals surface area contributed by atoms with Crippen LogP contribution in [-0.2, 0) is 5.60 Å². The van der Waals surface area contributed by atoms with Gasteiger partial charge in [-0.2, -0.15) is 0 Å². The molecule has 2 aromatic rings. The zero-order valence-electron chi connectivity index (χ0n) is 13.6. The maximum atomic E-state index is 10.9. The minimum absolute atomic E-state index is 0.775. The highest BCUT2D eigenvalue weighted by Crippen LogP contribution is 2.36. The van der Waals surface area contributed by atoms with Crippen molar-refractivity contribution in [3.8, 4) is 11.1 Å². The van der Waals surface area contributed by atoms with Crippen LogP contribution in [0.15, 0.2) is 42.5 Å². The van der Waals surface area contributed by atoms with E-state index in [0.29, 0.717) is 0 Å². The topological polar surface area (TPSA) is 20.2 Å². The minimum Gasteiger partial charge on any atom is -0.385 e. The Bertz CT molecular complexity index is 611. The first-order valence-corrected chi connectivity index (χ1v) is 7.85. The number of benzene rings is 2. The number of aryl methyl sites for hydroxylation is 2. The molecule has 112 valence electrons. The largest absolute Gasteiger partial charge is 0.385 e. The second-order valence-corrected chi connectivity index (χ2v) is 6.24. The lowest BCUT2D eigenvalue weighted by molar-refractivity contribution is 0.0459. The second kappa shape index (κ2) is 6.44. The molecule has 0 bridgehead atoms. The van der Waals surface area contributed by atoms with Crippen LogP contribution in [0.5, 0.6) is 0 Å². The van der Waals surface area contributed by atoms with Crippen molar-refractivity contribution < 1.29 is 5.11 Å². The van der Waals surface area contributed by atoms with E-state index in [9.17, 15) is 5.11 Å². The van der Waals surface area contributed by atoms with Crippen molar-refractivity contribution in [1.29, 1.82) is 0 Å². The molecular weight excluding hydrogens is 256 g/mol. The van der Waals surface area contributed by atoms with E-state index in [-0.39, 0.29) is 0 Å². The summed E-state index contributed by atoms with van der Waals surface area (Å²) in [7, 11) is 0. The van der Waals surface area contributed by atoms with Gasteiger partial charge in [0.2, 0.25) is 0 Å². The van der Waals surface area contributed by atoms with Gasteiger partial charge in [-0.25, -0.2) is 0 Å². The standard InChI is InChI=1S/C20H26O/c1-5-6-13-20(4,21)19-10-8-7-9-17(19)18-14-15(2)11-12-16(18)3/h7-12,14,21H,5-6,13H2,1-4H3. The van der Waals surface area contributed by atoms with Gasteiger partial charge in [0.05, 0.1) is 5.60 Å². The van der Waals surface area contributed by atoms with E-state index in [0.717, 1.165) is 30.4 Å². The number of hydrogen-bond acceptors (Lipinski definition) is 1. The third kappa shape index (κ3) is 3.54. The molecule has 1 N–H and O–H groups in total. The molecule has 0 heterocycles. The summed E-state index contributed by atoms with van der Waals surface area (Å²) in [6.45, 7) is 8.34. The normalized spacial score (nSPS) is 14.0. The SMILES string of the molecule is CCCCC(C)(O)c1ccccc1-c1cc(C)ccc1C. The molecule has 0 saturated carbocycles. The van der Waals surface area contributed by atoms with E-state index in [1.807, 2.05) is 13.0 Å². The molecule has 0 aliphatic heterocycles. The average molecular weight is 282 g/mol. The molecule has 0 aromatic heterocycles. The summed E-state index contributed by atoms with van der Waals surface area (Å²) >= 11 is 0. The molecule has 0 aliphatic carbocycles. The second-order valence-electron chi connectivity index (χ2n) is 6.24. The van der Waals surface area contributed by atoms with Crippen molar-refractivity contribution in [2.24, 2.45) is 0 Å². The predicted molar refractivity (Wildman–Crippen MR) is 90.4 cm³/mol. The molecule has 1 heteroatoms. The van der Waals surface area contributed by atoms with Crippen LogP contribution in [0.1, 0.15) is 49.8 Å². The lowest BCUT2D eigenvalue weighted by Crippen LogP contribution is -2.22. The van der Waals surface area contributed by atoms with E-state index < -0.39 is 5.60 Å². The van der Waals surface area contributed by atoms with Crippen LogP contribution < -0.4 is 0 Å². The quantitative estimate of drug-likeness (QED) is 0.781. The van der Waals surface area contributed by atoms with Crippen LogP contribution in [-0.4, -0.2) is 5.11 Å². The number of rotatable bonds is 5. The van der Waals surface area contributed by atoms with Crippen molar-refractivity contribution in [2.45, 2.75) is 52.6 Å².